The minimum atomic E-state index is -1.14. The number of amides is 2. The Bertz CT molecular complexity index is 1000. The van der Waals surface area contributed by atoms with Crippen LogP contribution in [0.4, 0.5) is 4.79 Å². The summed E-state index contributed by atoms with van der Waals surface area (Å²) < 4.78 is 5.54. The summed E-state index contributed by atoms with van der Waals surface area (Å²) in [6.45, 7) is 3.67. The van der Waals surface area contributed by atoms with E-state index in [1.165, 1.54) is 6.08 Å². The van der Waals surface area contributed by atoms with Gasteiger partial charge in [0.25, 0.3) is 0 Å². The summed E-state index contributed by atoms with van der Waals surface area (Å²) in [5.74, 6) is -1.76. The zero-order valence-electron chi connectivity index (χ0n) is 17.6. The van der Waals surface area contributed by atoms with Crippen molar-refractivity contribution in [2.75, 3.05) is 6.61 Å². The number of carboxylic acid groups (broad SMARTS) is 1. The maximum Gasteiger partial charge on any atom is 0.407 e. The minimum Gasteiger partial charge on any atom is -0.480 e. The first-order chi connectivity index (χ1) is 15.5. The molecule has 7 nitrogen and oxygen atoms in total. The number of alkyl carbamates (subject to hydrolysis) is 1. The fraction of sp³-hybridized carbons (Fsp3) is 0.320. The number of carbonyl (C=O) groups excluding carboxylic acids is 2. The fourth-order valence-corrected chi connectivity index (χ4v) is 4.24. The maximum absolute atomic E-state index is 12.7. The first kappa shape index (κ1) is 21.6. The smallest absolute Gasteiger partial charge is 0.407 e. The number of fused-ring (bicyclic) bond motifs is 3. The lowest BCUT2D eigenvalue weighted by Crippen LogP contribution is -2.52. The van der Waals surface area contributed by atoms with Crippen molar-refractivity contribution < 1.29 is 24.2 Å². The number of carbonyl (C=O) groups is 3. The molecule has 1 saturated carbocycles. The molecule has 2 aromatic carbocycles. The molecular formula is C25H26N2O5. The molecule has 0 bridgehead atoms. The predicted octanol–water partition coefficient (Wildman–Crippen LogP) is 3.45. The first-order valence-corrected chi connectivity index (χ1v) is 10.7. The fourth-order valence-electron chi connectivity index (χ4n) is 4.24. The van der Waals surface area contributed by atoms with Crippen molar-refractivity contribution in [3.05, 3.63) is 72.3 Å². The molecule has 7 heteroatoms. The summed E-state index contributed by atoms with van der Waals surface area (Å²) in [6.07, 6.45) is 2.43. The highest BCUT2D eigenvalue weighted by Gasteiger charge is 2.39. The molecule has 2 aromatic rings. The molecule has 0 aliphatic heterocycles. The highest BCUT2D eigenvalue weighted by atomic mass is 16.5. The van der Waals surface area contributed by atoms with Crippen LogP contribution in [0.2, 0.25) is 0 Å². The Balaban J connectivity index is 1.40. The quantitative estimate of drug-likeness (QED) is 0.525. The van der Waals surface area contributed by atoms with Crippen LogP contribution in [-0.2, 0) is 14.3 Å². The highest BCUT2D eigenvalue weighted by molar-refractivity contribution is 5.90. The van der Waals surface area contributed by atoms with Crippen LogP contribution in [0.5, 0.6) is 0 Å². The topological polar surface area (TPSA) is 105 Å². The third-order valence-electron chi connectivity index (χ3n) is 6.01. The van der Waals surface area contributed by atoms with Gasteiger partial charge in [0.2, 0.25) is 5.91 Å². The summed E-state index contributed by atoms with van der Waals surface area (Å²) in [4.78, 5) is 36.6. The number of nitrogens with one attached hydrogen (secondary N) is 2. The van der Waals surface area contributed by atoms with Gasteiger partial charge in [0.15, 0.2) is 0 Å². The summed E-state index contributed by atoms with van der Waals surface area (Å²) in [5, 5.41) is 14.4. The lowest BCUT2D eigenvalue weighted by molar-refractivity contribution is -0.142. The van der Waals surface area contributed by atoms with Gasteiger partial charge in [-0.3, -0.25) is 4.79 Å². The predicted molar refractivity (Wildman–Crippen MR) is 119 cm³/mol. The second-order valence-electron chi connectivity index (χ2n) is 8.21. The first-order valence-electron chi connectivity index (χ1n) is 10.7. The Hall–Kier alpha value is -3.61. The molecule has 0 radical (unpaired) electrons. The van der Waals surface area contributed by atoms with Crippen LogP contribution in [0.25, 0.3) is 11.1 Å². The summed E-state index contributed by atoms with van der Waals surface area (Å²) in [6, 6.07) is 14.2. The zero-order valence-corrected chi connectivity index (χ0v) is 17.6. The lowest BCUT2D eigenvalue weighted by atomic mass is 9.98. The number of ether oxygens (including phenoxy) is 1. The van der Waals surface area contributed by atoms with Crippen molar-refractivity contribution in [3.63, 3.8) is 0 Å². The van der Waals surface area contributed by atoms with Crippen LogP contribution in [0.15, 0.2) is 61.2 Å². The lowest BCUT2D eigenvalue weighted by Gasteiger charge is -2.21. The third-order valence-corrected chi connectivity index (χ3v) is 6.01. The summed E-state index contributed by atoms with van der Waals surface area (Å²) in [5.41, 5.74) is 4.47. The van der Waals surface area contributed by atoms with E-state index < -0.39 is 30.1 Å². The molecule has 2 aliphatic carbocycles. The van der Waals surface area contributed by atoms with Crippen LogP contribution in [0.3, 0.4) is 0 Å². The third kappa shape index (κ3) is 4.51. The molecule has 166 valence electrons. The molecule has 4 rings (SSSR count). The molecule has 2 aliphatic rings. The van der Waals surface area contributed by atoms with Crippen molar-refractivity contribution in [1.82, 2.24) is 10.6 Å². The van der Waals surface area contributed by atoms with Gasteiger partial charge in [-0.05, 0) is 47.4 Å². The monoisotopic (exact) mass is 434 g/mol. The second kappa shape index (κ2) is 9.26. The number of aliphatic carboxylic acids is 1. The van der Waals surface area contributed by atoms with Crippen molar-refractivity contribution >= 4 is 18.0 Å². The van der Waals surface area contributed by atoms with Crippen LogP contribution in [0.1, 0.15) is 36.3 Å². The van der Waals surface area contributed by atoms with Gasteiger partial charge in [0, 0.05) is 5.92 Å². The molecule has 2 amide bonds. The molecule has 0 aromatic heterocycles. The van der Waals surface area contributed by atoms with E-state index in [1.54, 1.807) is 0 Å². The number of benzene rings is 2. The number of hydrogen-bond acceptors (Lipinski definition) is 4. The van der Waals surface area contributed by atoms with E-state index in [-0.39, 0.29) is 24.9 Å². The molecule has 0 spiro atoms. The Morgan fingerprint density at radius 2 is 1.62 bits per heavy atom. The molecular weight excluding hydrogens is 408 g/mol. The summed E-state index contributed by atoms with van der Waals surface area (Å²) in [7, 11) is 0. The van der Waals surface area contributed by atoms with Crippen LogP contribution in [0, 0.1) is 5.92 Å². The van der Waals surface area contributed by atoms with E-state index in [4.69, 9.17) is 4.74 Å². The van der Waals surface area contributed by atoms with Gasteiger partial charge in [-0.1, -0.05) is 54.6 Å². The second-order valence-corrected chi connectivity index (χ2v) is 8.21. The van der Waals surface area contributed by atoms with Crippen molar-refractivity contribution in [2.24, 2.45) is 5.92 Å². The maximum atomic E-state index is 12.7. The van der Waals surface area contributed by atoms with Crippen LogP contribution in [-0.4, -0.2) is 41.8 Å². The van der Waals surface area contributed by atoms with Crippen LogP contribution < -0.4 is 10.6 Å². The molecule has 2 unspecified atom stereocenters. The molecule has 0 saturated heterocycles. The Morgan fingerprint density at radius 3 is 2.16 bits per heavy atom. The van der Waals surface area contributed by atoms with Gasteiger partial charge in [0.05, 0.1) is 0 Å². The standard InChI is InChI=1S/C25H26N2O5/c1-2-7-21(24(29)30)26-23(28)22(15-12-13-15)27-25(31)32-14-20-18-10-5-3-8-16(18)17-9-4-6-11-19(17)20/h2-6,8-11,15,20-22H,1,7,12-14H2,(H,26,28)(H,27,31)(H,29,30). The van der Waals surface area contributed by atoms with Crippen molar-refractivity contribution in [3.8, 4) is 11.1 Å². The average molecular weight is 434 g/mol. The van der Waals surface area contributed by atoms with E-state index in [9.17, 15) is 19.5 Å². The van der Waals surface area contributed by atoms with Gasteiger partial charge in [-0.25, -0.2) is 9.59 Å². The van der Waals surface area contributed by atoms with Gasteiger partial charge < -0.3 is 20.5 Å². The van der Waals surface area contributed by atoms with E-state index in [1.807, 2.05) is 36.4 Å². The SMILES string of the molecule is C=CCC(NC(=O)C(NC(=O)OCC1c2ccccc2-c2ccccc21)C1CC1)C(=O)O. The Labute approximate surface area is 186 Å². The molecule has 3 N–H and O–H groups in total. The number of rotatable bonds is 9. The molecule has 32 heavy (non-hydrogen) atoms. The van der Waals surface area contributed by atoms with E-state index in [2.05, 4.69) is 29.3 Å². The molecule has 0 heterocycles. The van der Waals surface area contributed by atoms with Gasteiger partial charge in [-0.2, -0.15) is 0 Å². The zero-order chi connectivity index (χ0) is 22.7. The molecule has 1 fully saturated rings. The van der Waals surface area contributed by atoms with E-state index >= 15 is 0 Å². The van der Waals surface area contributed by atoms with Crippen molar-refractivity contribution in [1.29, 1.82) is 0 Å². The normalized spacial score (nSPS) is 16.2. The Kier molecular flexibility index (Phi) is 6.25. The van der Waals surface area contributed by atoms with Gasteiger partial charge in [-0.15, -0.1) is 6.58 Å². The van der Waals surface area contributed by atoms with E-state index in [0.29, 0.717) is 0 Å². The van der Waals surface area contributed by atoms with Gasteiger partial charge in [0.1, 0.15) is 18.7 Å². The minimum absolute atomic E-state index is 0.0198. The number of carboxylic acids is 1. The average Bonchev–Trinajstić information content (AvgIpc) is 3.58. The van der Waals surface area contributed by atoms with Gasteiger partial charge >= 0.3 is 12.1 Å². The molecule has 2 atom stereocenters. The highest BCUT2D eigenvalue weighted by Crippen LogP contribution is 2.44. The summed E-state index contributed by atoms with van der Waals surface area (Å²) >= 11 is 0. The number of hydrogen-bond donors (Lipinski definition) is 3. The van der Waals surface area contributed by atoms with Crippen molar-refractivity contribution in [2.45, 2.75) is 37.3 Å². The van der Waals surface area contributed by atoms with E-state index in [0.717, 1.165) is 35.1 Å². The Morgan fingerprint density at radius 1 is 1.03 bits per heavy atom. The largest absolute Gasteiger partial charge is 0.480 e. The van der Waals surface area contributed by atoms with Crippen LogP contribution >= 0.6 is 0 Å².